The molecule has 0 aromatic rings. The van der Waals surface area contributed by atoms with E-state index in [1.165, 1.54) is 4.31 Å². The van der Waals surface area contributed by atoms with Crippen LogP contribution in [-0.2, 0) is 14.9 Å². The lowest BCUT2D eigenvalue weighted by atomic mass is 9.98. The molecule has 18 heavy (non-hydrogen) atoms. The lowest BCUT2D eigenvalue weighted by molar-refractivity contribution is 0.157. The second kappa shape index (κ2) is 6.91. The maximum absolute atomic E-state index is 11.8. The van der Waals surface area contributed by atoms with Gasteiger partial charge in [-0.3, -0.25) is 0 Å². The lowest BCUT2D eigenvalue weighted by Gasteiger charge is -2.30. The lowest BCUT2D eigenvalue weighted by Crippen LogP contribution is -2.47. The van der Waals surface area contributed by atoms with E-state index in [9.17, 15) is 13.2 Å². The molecule has 0 aromatic carbocycles. The van der Waals surface area contributed by atoms with Gasteiger partial charge in [-0.1, -0.05) is 0 Å². The number of piperidine rings is 1. The number of rotatable bonds is 5. The molecule has 1 aliphatic rings. The fourth-order valence-electron chi connectivity index (χ4n) is 1.97. The predicted octanol–water partition coefficient (Wildman–Crippen LogP) is -0.0913. The summed E-state index contributed by atoms with van der Waals surface area (Å²) >= 11 is 0. The first-order valence-corrected chi connectivity index (χ1v) is 7.52. The van der Waals surface area contributed by atoms with Crippen molar-refractivity contribution < 1.29 is 17.9 Å². The molecule has 1 heterocycles. The van der Waals surface area contributed by atoms with E-state index in [1.54, 1.807) is 6.92 Å². The second-order valence-electron chi connectivity index (χ2n) is 4.23. The smallest absolute Gasteiger partial charge is 0.421 e. The van der Waals surface area contributed by atoms with Crippen LogP contribution < -0.4 is 10.0 Å². The van der Waals surface area contributed by atoms with Gasteiger partial charge in [0.15, 0.2) is 0 Å². The van der Waals surface area contributed by atoms with Crippen molar-refractivity contribution in [3.63, 3.8) is 0 Å². The standard InChI is InChI=1S/C10H21N3O4S/c1-3-17-10(14)12-18(15,16)13-6-4-9(5-7-13)8-11-2/h9,11H,3-8H2,1-2H3,(H,12,14). The zero-order chi connectivity index (χ0) is 13.6. The Labute approximate surface area is 108 Å². The minimum absolute atomic E-state index is 0.144. The molecule has 2 N–H and O–H groups in total. The van der Waals surface area contributed by atoms with E-state index in [-0.39, 0.29) is 6.61 Å². The fraction of sp³-hybridized carbons (Fsp3) is 0.900. The summed E-state index contributed by atoms with van der Waals surface area (Å²) in [5.41, 5.74) is 0. The van der Waals surface area contributed by atoms with Crippen LogP contribution in [0.5, 0.6) is 0 Å². The highest BCUT2D eigenvalue weighted by Crippen LogP contribution is 2.18. The van der Waals surface area contributed by atoms with E-state index in [4.69, 9.17) is 0 Å². The molecule has 1 saturated heterocycles. The monoisotopic (exact) mass is 279 g/mol. The van der Waals surface area contributed by atoms with Crippen molar-refractivity contribution in [2.75, 3.05) is 33.3 Å². The molecule has 0 spiro atoms. The number of ether oxygens (including phenoxy) is 1. The summed E-state index contributed by atoms with van der Waals surface area (Å²) in [7, 11) is -1.87. The second-order valence-corrected chi connectivity index (χ2v) is 5.90. The predicted molar refractivity (Wildman–Crippen MR) is 67.3 cm³/mol. The highest BCUT2D eigenvalue weighted by Gasteiger charge is 2.29. The summed E-state index contributed by atoms with van der Waals surface area (Å²) in [5, 5.41) is 3.08. The first-order valence-electron chi connectivity index (χ1n) is 6.08. The van der Waals surface area contributed by atoms with Gasteiger partial charge >= 0.3 is 16.3 Å². The molecule has 106 valence electrons. The number of hydrogen-bond acceptors (Lipinski definition) is 5. The number of amides is 1. The van der Waals surface area contributed by atoms with E-state index < -0.39 is 16.3 Å². The van der Waals surface area contributed by atoms with Gasteiger partial charge in [-0.2, -0.15) is 12.7 Å². The van der Waals surface area contributed by atoms with E-state index >= 15 is 0 Å². The van der Waals surface area contributed by atoms with Crippen LogP contribution in [0.2, 0.25) is 0 Å². The molecule has 1 fully saturated rings. The molecule has 0 aliphatic carbocycles. The molecule has 0 aromatic heterocycles. The van der Waals surface area contributed by atoms with Crippen molar-refractivity contribution in [3.05, 3.63) is 0 Å². The number of hydrogen-bond donors (Lipinski definition) is 2. The molecular formula is C10H21N3O4S. The Morgan fingerprint density at radius 3 is 2.50 bits per heavy atom. The molecule has 0 radical (unpaired) electrons. The SMILES string of the molecule is CCOC(=O)NS(=O)(=O)N1CCC(CNC)CC1. The first-order chi connectivity index (χ1) is 8.49. The van der Waals surface area contributed by atoms with Gasteiger partial charge in [0.2, 0.25) is 0 Å². The highest BCUT2D eigenvalue weighted by atomic mass is 32.2. The normalized spacial score (nSPS) is 18.6. The first kappa shape index (κ1) is 15.2. The van der Waals surface area contributed by atoms with Gasteiger partial charge in [0.25, 0.3) is 0 Å². The van der Waals surface area contributed by atoms with Crippen molar-refractivity contribution in [3.8, 4) is 0 Å². The average Bonchev–Trinajstić information content (AvgIpc) is 2.29. The highest BCUT2D eigenvalue weighted by molar-refractivity contribution is 7.87. The third-order valence-corrected chi connectivity index (χ3v) is 4.36. The summed E-state index contributed by atoms with van der Waals surface area (Å²) in [6.45, 7) is 3.52. The zero-order valence-corrected chi connectivity index (χ0v) is 11.6. The maximum Gasteiger partial charge on any atom is 0.421 e. The molecule has 1 aliphatic heterocycles. The molecular weight excluding hydrogens is 258 g/mol. The van der Waals surface area contributed by atoms with Crippen LogP contribution in [0.4, 0.5) is 4.79 Å². The van der Waals surface area contributed by atoms with Gasteiger partial charge in [-0.25, -0.2) is 9.52 Å². The minimum atomic E-state index is -3.75. The van der Waals surface area contributed by atoms with Crippen LogP contribution in [0.25, 0.3) is 0 Å². The number of carbonyl (C=O) groups excluding carboxylic acids is 1. The number of nitrogens with zero attached hydrogens (tertiary/aromatic N) is 1. The van der Waals surface area contributed by atoms with E-state index in [0.717, 1.165) is 19.4 Å². The molecule has 1 amide bonds. The topological polar surface area (TPSA) is 87.7 Å². The largest absolute Gasteiger partial charge is 0.449 e. The average molecular weight is 279 g/mol. The summed E-state index contributed by atoms with van der Waals surface area (Å²) in [6.07, 6.45) is 0.671. The molecule has 7 nitrogen and oxygen atoms in total. The van der Waals surface area contributed by atoms with Crippen molar-refractivity contribution >= 4 is 16.3 Å². The molecule has 0 atom stereocenters. The quantitative estimate of drug-likeness (QED) is 0.734. The van der Waals surface area contributed by atoms with Crippen molar-refractivity contribution in [1.29, 1.82) is 0 Å². The minimum Gasteiger partial charge on any atom is -0.449 e. The van der Waals surface area contributed by atoms with Crippen LogP contribution in [0.3, 0.4) is 0 Å². The third-order valence-electron chi connectivity index (χ3n) is 2.89. The Bertz CT molecular complexity index is 363. The fourth-order valence-corrected chi connectivity index (χ4v) is 3.06. The molecule has 0 unspecified atom stereocenters. The van der Waals surface area contributed by atoms with E-state index in [2.05, 4.69) is 10.1 Å². The molecule has 8 heteroatoms. The molecule has 0 bridgehead atoms. The van der Waals surface area contributed by atoms with E-state index in [0.29, 0.717) is 19.0 Å². The van der Waals surface area contributed by atoms with Crippen LogP contribution in [0, 0.1) is 5.92 Å². The number of nitrogens with one attached hydrogen (secondary N) is 2. The summed E-state index contributed by atoms with van der Waals surface area (Å²) in [4.78, 5) is 11.1. The van der Waals surface area contributed by atoms with Crippen LogP contribution in [-0.4, -0.2) is 52.1 Å². The Balaban J connectivity index is 2.47. The van der Waals surface area contributed by atoms with Gasteiger partial charge in [-0.15, -0.1) is 0 Å². The van der Waals surface area contributed by atoms with Gasteiger partial charge in [0, 0.05) is 13.1 Å². The van der Waals surface area contributed by atoms with Crippen molar-refractivity contribution in [2.45, 2.75) is 19.8 Å². The zero-order valence-electron chi connectivity index (χ0n) is 10.8. The summed E-state index contributed by atoms with van der Waals surface area (Å²) < 4.78 is 31.4. The van der Waals surface area contributed by atoms with Crippen molar-refractivity contribution in [1.82, 2.24) is 14.3 Å². The van der Waals surface area contributed by atoms with Crippen LogP contribution in [0.15, 0.2) is 0 Å². The van der Waals surface area contributed by atoms with Gasteiger partial charge in [0.1, 0.15) is 0 Å². The van der Waals surface area contributed by atoms with E-state index in [1.807, 2.05) is 11.8 Å². The maximum atomic E-state index is 11.8. The van der Waals surface area contributed by atoms with Crippen molar-refractivity contribution in [2.24, 2.45) is 5.92 Å². The third kappa shape index (κ3) is 4.43. The summed E-state index contributed by atoms with van der Waals surface area (Å²) in [5.74, 6) is 0.490. The van der Waals surface area contributed by atoms with Gasteiger partial charge < -0.3 is 10.1 Å². The van der Waals surface area contributed by atoms with Crippen LogP contribution >= 0.6 is 0 Å². The molecule has 1 rings (SSSR count). The Hall–Kier alpha value is -0.860. The Kier molecular flexibility index (Phi) is 5.83. The van der Waals surface area contributed by atoms with Gasteiger partial charge in [-0.05, 0) is 39.3 Å². The Morgan fingerprint density at radius 1 is 1.39 bits per heavy atom. The Morgan fingerprint density at radius 2 is 2.00 bits per heavy atom. The van der Waals surface area contributed by atoms with Gasteiger partial charge in [0.05, 0.1) is 6.61 Å². The number of carbonyl (C=O) groups is 1. The summed E-state index contributed by atoms with van der Waals surface area (Å²) in [6, 6.07) is 0. The molecule has 0 saturated carbocycles. The van der Waals surface area contributed by atoms with Crippen LogP contribution in [0.1, 0.15) is 19.8 Å².